The Kier molecular flexibility index (Phi) is 4.96. The van der Waals surface area contributed by atoms with Crippen LogP contribution in [-0.4, -0.2) is 26.1 Å². The Morgan fingerprint density at radius 2 is 1.88 bits per heavy atom. The number of aromatic nitrogens is 4. The van der Waals surface area contributed by atoms with Crippen molar-refractivity contribution in [2.45, 2.75) is 25.7 Å². The highest BCUT2D eigenvalue weighted by molar-refractivity contribution is 5.95. The Morgan fingerprint density at radius 3 is 2.50 bits per heavy atom. The molecule has 6 nitrogen and oxygen atoms in total. The molecule has 1 unspecified atom stereocenters. The quantitative estimate of drug-likeness (QED) is 0.757. The van der Waals surface area contributed by atoms with E-state index in [9.17, 15) is 4.79 Å². The number of amides is 1. The standard InChI is InChI=1S/C18H19N5O/c1-2-6-17(14-7-4-3-5-8-14)18(24)20-15-9-11-16(12-10-15)23-13-19-21-22-23/h3-5,7-13,17H,2,6H2,1H3,(H,20,24). The molecule has 0 radical (unpaired) electrons. The fraction of sp³-hybridized carbons (Fsp3) is 0.222. The Hall–Kier alpha value is -3.02. The van der Waals surface area contributed by atoms with Crippen LogP contribution in [0.15, 0.2) is 60.9 Å². The highest BCUT2D eigenvalue weighted by Crippen LogP contribution is 2.23. The Bertz CT molecular complexity index is 769. The van der Waals surface area contributed by atoms with E-state index in [4.69, 9.17) is 0 Å². The fourth-order valence-corrected chi connectivity index (χ4v) is 2.63. The maximum Gasteiger partial charge on any atom is 0.231 e. The minimum absolute atomic E-state index is 0.0122. The van der Waals surface area contributed by atoms with Crippen molar-refractivity contribution in [2.24, 2.45) is 0 Å². The first kappa shape index (κ1) is 15.9. The third kappa shape index (κ3) is 3.65. The summed E-state index contributed by atoms with van der Waals surface area (Å²) < 4.78 is 1.56. The van der Waals surface area contributed by atoms with Crippen molar-refractivity contribution in [1.82, 2.24) is 20.2 Å². The Morgan fingerprint density at radius 1 is 1.12 bits per heavy atom. The van der Waals surface area contributed by atoms with Crippen LogP contribution >= 0.6 is 0 Å². The van der Waals surface area contributed by atoms with Gasteiger partial charge in [-0.15, -0.1) is 5.10 Å². The summed E-state index contributed by atoms with van der Waals surface area (Å²) in [5.41, 5.74) is 2.64. The number of carbonyl (C=O) groups is 1. The minimum atomic E-state index is -0.143. The Balaban J connectivity index is 1.73. The molecule has 0 aliphatic heterocycles. The van der Waals surface area contributed by atoms with Gasteiger partial charge in [0, 0.05) is 5.69 Å². The van der Waals surface area contributed by atoms with Gasteiger partial charge in [0.25, 0.3) is 0 Å². The predicted molar refractivity (Wildman–Crippen MR) is 91.9 cm³/mol. The number of rotatable bonds is 6. The second-order valence-electron chi connectivity index (χ2n) is 5.54. The summed E-state index contributed by atoms with van der Waals surface area (Å²) in [6, 6.07) is 17.3. The molecule has 0 saturated heterocycles. The summed E-state index contributed by atoms with van der Waals surface area (Å²) in [7, 11) is 0. The van der Waals surface area contributed by atoms with Crippen LogP contribution in [0.25, 0.3) is 5.69 Å². The van der Waals surface area contributed by atoms with E-state index in [0.717, 1.165) is 29.8 Å². The molecule has 0 aliphatic rings. The second-order valence-corrected chi connectivity index (χ2v) is 5.54. The van der Waals surface area contributed by atoms with Gasteiger partial charge in [0.15, 0.2) is 0 Å². The molecule has 3 rings (SSSR count). The van der Waals surface area contributed by atoms with Crippen molar-refractivity contribution in [2.75, 3.05) is 5.32 Å². The van der Waals surface area contributed by atoms with Crippen LogP contribution in [0.2, 0.25) is 0 Å². The summed E-state index contributed by atoms with van der Waals surface area (Å²) >= 11 is 0. The number of nitrogens with one attached hydrogen (secondary N) is 1. The van der Waals surface area contributed by atoms with E-state index in [1.165, 1.54) is 6.33 Å². The monoisotopic (exact) mass is 321 g/mol. The lowest BCUT2D eigenvalue weighted by molar-refractivity contribution is -0.117. The molecule has 0 aliphatic carbocycles. The molecule has 6 heteroatoms. The molecule has 0 saturated carbocycles. The van der Waals surface area contributed by atoms with Gasteiger partial charge in [-0.2, -0.15) is 0 Å². The van der Waals surface area contributed by atoms with Crippen LogP contribution in [0.4, 0.5) is 5.69 Å². The largest absolute Gasteiger partial charge is 0.326 e. The zero-order chi connectivity index (χ0) is 16.8. The predicted octanol–water partition coefficient (Wildman–Crippen LogP) is 3.18. The first-order chi connectivity index (χ1) is 11.8. The van der Waals surface area contributed by atoms with Gasteiger partial charge in [0.1, 0.15) is 6.33 Å². The van der Waals surface area contributed by atoms with Crippen LogP contribution in [0.1, 0.15) is 31.2 Å². The number of hydrogen-bond acceptors (Lipinski definition) is 4. The van der Waals surface area contributed by atoms with Crippen LogP contribution in [0.3, 0.4) is 0 Å². The molecule has 0 fully saturated rings. The summed E-state index contributed by atoms with van der Waals surface area (Å²) in [5, 5.41) is 14.1. The van der Waals surface area contributed by atoms with Crippen molar-refractivity contribution in [1.29, 1.82) is 0 Å². The van der Waals surface area contributed by atoms with E-state index in [-0.39, 0.29) is 11.8 Å². The SMILES string of the molecule is CCCC(C(=O)Nc1ccc(-n2cnnn2)cc1)c1ccccc1. The minimum Gasteiger partial charge on any atom is -0.326 e. The van der Waals surface area contributed by atoms with Crippen molar-refractivity contribution in [3.63, 3.8) is 0 Å². The van der Waals surface area contributed by atoms with Crippen molar-refractivity contribution < 1.29 is 4.79 Å². The lowest BCUT2D eigenvalue weighted by Gasteiger charge is -2.16. The number of hydrogen-bond donors (Lipinski definition) is 1. The maximum absolute atomic E-state index is 12.7. The van der Waals surface area contributed by atoms with Gasteiger partial charge in [-0.05, 0) is 46.7 Å². The van der Waals surface area contributed by atoms with Gasteiger partial charge < -0.3 is 5.32 Å². The zero-order valence-corrected chi connectivity index (χ0v) is 13.5. The van der Waals surface area contributed by atoms with E-state index in [1.807, 2.05) is 54.6 Å². The van der Waals surface area contributed by atoms with Crippen LogP contribution in [0, 0.1) is 0 Å². The molecular weight excluding hydrogens is 302 g/mol. The van der Waals surface area contributed by atoms with Gasteiger partial charge in [-0.1, -0.05) is 43.7 Å². The molecule has 122 valence electrons. The second kappa shape index (κ2) is 7.50. The first-order valence-electron chi connectivity index (χ1n) is 7.97. The molecule has 0 spiro atoms. The molecule has 1 aromatic heterocycles. The van der Waals surface area contributed by atoms with Gasteiger partial charge in [-0.3, -0.25) is 4.79 Å². The molecule has 24 heavy (non-hydrogen) atoms. The third-order valence-corrected chi connectivity index (χ3v) is 3.84. The molecule has 0 bridgehead atoms. The van der Waals surface area contributed by atoms with Gasteiger partial charge in [-0.25, -0.2) is 4.68 Å². The highest BCUT2D eigenvalue weighted by Gasteiger charge is 2.19. The van der Waals surface area contributed by atoms with E-state index in [0.29, 0.717) is 0 Å². The summed E-state index contributed by atoms with van der Waals surface area (Å²) in [5.74, 6) is -0.131. The van der Waals surface area contributed by atoms with Gasteiger partial charge in [0.2, 0.25) is 5.91 Å². The van der Waals surface area contributed by atoms with Gasteiger partial charge >= 0.3 is 0 Å². The number of nitrogens with zero attached hydrogens (tertiary/aromatic N) is 4. The molecular formula is C18H19N5O. The lowest BCUT2D eigenvalue weighted by Crippen LogP contribution is -2.21. The van der Waals surface area contributed by atoms with E-state index in [2.05, 4.69) is 27.8 Å². The fourth-order valence-electron chi connectivity index (χ4n) is 2.63. The summed E-state index contributed by atoms with van der Waals surface area (Å²) in [4.78, 5) is 12.7. The number of carbonyl (C=O) groups excluding carboxylic acids is 1. The van der Waals surface area contributed by atoms with E-state index < -0.39 is 0 Å². The first-order valence-corrected chi connectivity index (χ1v) is 7.97. The third-order valence-electron chi connectivity index (χ3n) is 3.84. The molecule has 1 amide bonds. The Labute approximate surface area is 140 Å². The molecule has 1 atom stereocenters. The summed E-state index contributed by atoms with van der Waals surface area (Å²) in [6.45, 7) is 2.09. The van der Waals surface area contributed by atoms with Crippen molar-refractivity contribution >= 4 is 11.6 Å². The van der Waals surface area contributed by atoms with Crippen molar-refractivity contribution in [3.8, 4) is 5.69 Å². The number of benzene rings is 2. The molecule has 1 N–H and O–H groups in total. The average Bonchev–Trinajstić information content (AvgIpc) is 3.15. The zero-order valence-electron chi connectivity index (χ0n) is 13.5. The van der Waals surface area contributed by atoms with Gasteiger partial charge in [0.05, 0.1) is 11.6 Å². The van der Waals surface area contributed by atoms with Crippen LogP contribution in [-0.2, 0) is 4.79 Å². The number of tetrazole rings is 1. The molecule has 2 aromatic carbocycles. The number of anilines is 1. The topological polar surface area (TPSA) is 72.7 Å². The maximum atomic E-state index is 12.7. The van der Waals surface area contributed by atoms with E-state index in [1.54, 1.807) is 4.68 Å². The average molecular weight is 321 g/mol. The highest BCUT2D eigenvalue weighted by atomic mass is 16.1. The van der Waals surface area contributed by atoms with Crippen molar-refractivity contribution in [3.05, 3.63) is 66.5 Å². The van der Waals surface area contributed by atoms with Crippen LogP contribution in [0.5, 0.6) is 0 Å². The van der Waals surface area contributed by atoms with E-state index >= 15 is 0 Å². The normalized spacial score (nSPS) is 11.9. The summed E-state index contributed by atoms with van der Waals surface area (Å²) in [6.07, 6.45) is 3.30. The smallest absolute Gasteiger partial charge is 0.231 e. The lowest BCUT2D eigenvalue weighted by atomic mass is 9.93. The molecule has 3 aromatic rings. The molecule has 1 heterocycles. The van der Waals surface area contributed by atoms with Crippen LogP contribution < -0.4 is 5.32 Å².